The van der Waals surface area contributed by atoms with Gasteiger partial charge in [0.05, 0.1) is 0 Å². The van der Waals surface area contributed by atoms with Crippen LogP contribution < -0.4 is 0 Å². The third-order valence-corrected chi connectivity index (χ3v) is 4.62. The molecule has 1 unspecified atom stereocenters. The normalized spacial score (nSPS) is 14.1. The Morgan fingerprint density at radius 2 is 1.21 bits per heavy atom. The van der Waals surface area contributed by atoms with Crippen molar-refractivity contribution in [2.45, 2.75) is 98.4 Å². The third kappa shape index (κ3) is 5.45. The second kappa shape index (κ2) is 10.7. The van der Waals surface area contributed by atoms with Crippen molar-refractivity contribution in [3.8, 4) is 0 Å². The van der Waals surface area contributed by atoms with E-state index in [9.17, 15) is 0 Å². The average molecular weight is 270 g/mol. The molecule has 0 rings (SSSR count). The molecule has 0 bridgehead atoms. The van der Waals surface area contributed by atoms with Crippen molar-refractivity contribution in [1.82, 2.24) is 4.90 Å². The van der Waals surface area contributed by atoms with Crippen LogP contribution in [0, 0.1) is 5.92 Å². The number of rotatable bonds is 12. The molecule has 116 valence electrons. The van der Waals surface area contributed by atoms with E-state index in [4.69, 9.17) is 0 Å². The lowest BCUT2D eigenvalue weighted by Crippen LogP contribution is -2.53. The predicted molar refractivity (Wildman–Crippen MR) is 88.8 cm³/mol. The minimum atomic E-state index is 0.464. The van der Waals surface area contributed by atoms with Crippen molar-refractivity contribution < 1.29 is 0 Å². The van der Waals surface area contributed by atoms with E-state index in [1.54, 1.807) is 0 Å². The molecule has 0 spiro atoms. The van der Waals surface area contributed by atoms with E-state index < -0.39 is 0 Å². The Morgan fingerprint density at radius 1 is 0.737 bits per heavy atom. The van der Waals surface area contributed by atoms with Crippen LogP contribution in [0.2, 0.25) is 0 Å². The smallest absolute Gasteiger partial charge is 0.0234 e. The Hall–Kier alpha value is -0.0400. The van der Waals surface area contributed by atoms with Gasteiger partial charge in [-0.15, -0.1) is 0 Å². The summed E-state index contributed by atoms with van der Waals surface area (Å²) in [5.74, 6) is 0.829. The van der Waals surface area contributed by atoms with Crippen LogP contribution in [-0.2, 0) is 0 Å². The number of nitrogens with zero attached hydrogens (tertiary/aromatic N) is 1. The van der Waals surface area contributed by atoms with Gasteiger partial charge in [-0.25, -0.2) is 0 Å². The summed E-state index contributed by atoms with van der Waals surface area (Å²) in [6, 6.07) is 0. The maximum atomic E-state index is 2.85. The van der Waals surface area contributed by atoms with Crippen LogP contribution in [0.4, 0.5) is 0 Å². The Morgan fingerprint density at radius 3 is 1.53 bits per heavy atom. The molecule has 0 heterocycles. The van der Waals surface area contributed by atoms with Crippen LogP contribution in [0.1, 0.15) is 92.9 Å². The molecule has 0 aromatic carbocycles. The molecule has 0 saturated carbocycles. The zero-order chi connectivity index (χ0) is 14.7. The molecule has 1 atom stereocenters. The molecule has 0 aromatic heterocycles. The lowest BCUT2D eigenvalue weighted by Gasteiger charge is -2.49. The van der Waals surface area contributed by atoms with Crippen LogP contribution >= 0.6 is 0 Å². The quantitative estimate of drug-likeness (QED) is 0.427. The number of hydrogen-bond donors (Lipinski definition) is 0. The van der Waals surface area contributed by atoms with Gasteiger partial charge in [0.2, 0.25) is 0 Å². The van der Waals surface area contributed by atoms with E-state index in [-0.39, 0.29) is 0 Å². The van der Waals surface area contributed by atoms with Crippen molar-refractivity contribution in [3.05, 3.63) is 0 Å². The molecule has 0 aliphatic rings. The first-order valence-electron chi connectivity index (χ1n) is 8.87. The summed E-state index contributed by atoms with van der Waals surface area (Å²) in [6.07, 6.45) is 10.7. The fourth-order valence-corrected chi connectivity index (χ4v) is 3.91. The lowest BCUT2D eigenvalue weighted by molar-refractivity contribution is 0.0154. The maximum Gasteiger partial charge on any atom is 0.0234 e. The Labute approximate surface area is 123 Å². The highest BCUT2D eigenvalue weighted by molar-refractivity contribution is 4.94. The van der Waals surface area contributed by atoms with Gasteiger partial charge in [0, 0.05) is 5.54 Å². The monoisotopic (exact) mass is 269 g/mol. The van der Waals surface area contributed by atoms with Gasteiger partial charge in [-0.2, -0.15) is 0 Å². The first-order valence-corrected chi connectivity index (χ1v) is 8.87. The minimum Gasteiger partial charge on any atom is -0.297 e. The maximum absolute atomic E-state index is 2.85. The summed E-state index contributed by atoms with van der Waals surface area (Å²) in [7, 11) is 0. The summed E-state index contributed by atoms with van der Waals surface area (Å²) in [6.45, 7) is 16.8. The molecule has 0 N–H and O–H groups in total. The molecule has 0 radical (unpaired) electrons. The van der Waals surface area contributed by atoms with E-state index >= 15 is 0 Å². The van der Waals surface area contributed by atoms with Crippen molar-refractivity contribution in [2.24, 2.45) is 5.92 Å². The molecule has 0 aliphatic carbocycles. The standard InChI is InChI=1S/C18H39N/c1-7-12-17(6)18(13-8-2,14-9-3)19(15-10-4)16-11-5/h17H,7-16H2,1-6H3. The highest BCUT2D eigenvalue weighted by Crippen LogP contribution is 2.37. The van der Waals surface area contributed by atoms with E-state index in [1.807, 2.05) is 0 Å². The van der Waals surface area contributed by atoms with Gasteiger partial charge in [-0.1, -0.05) is 60.8 Å². The summed E-state index contributed by atoms with van der Waals surface area (Å²) < 4.78 is 0. The topological polar surface area (TPSA) is 3.24 Å². The number of hydrogen-bond acceptors (Lipinski definition) is 1. The van der Waals surface area contributed by atoms with Gasteiger partial charge < -0.3 is 0 Å². The van der Waals surface area contributed by atoms with Crippen LogP contribution in [0.3, 0.4) is 0 Å². The summed E-state index contributed by atoms with van der Waals surface area (Å²) in [4.78, 5) is 2.85. The average Bonchev–Trinajstić information content (AvgIpc) is 2.38. The fraction of sp³-hybridized carbons (Fsp3) is 1.00. The molecule has 0 aliphatic heterocycles. The van der Waals surface area contributed by atoms with Gasteiger partial charge in [-0.3, -0.25) is 4.90 Å². The Balaban J connectivity index is 5.22. The molecule has 0 fully saturated rings. The predicted octanol–water partition coefficient (Wildman–Crippen LogP) is 5.88. The van der Waals surface area contributed by atoms with Crippen LogP contribution in [-0.4, -0.2) is 23.5 Å². The molecule has 0 amide bonds. The van der Waals surface area contributed by atoms with Crippen LogP contribution in [0.15, 0.2) is 0 Å². The van der Waals surface area contributed by atoms with E-state index in [2.05, 4.69) is 46.4 Å². The molecular weight excluding hydrogens is 230 g/mol. The molecule has 0 saturated heterocycles. The Bertz CT molecular complexity index is 188. The minimum absolute atomic E-state index is 0.464. The highest BCUT2D eigenvalue weighted by atomic mass is 15.2. The lowest BCUT2D eigenvalue weighted by atomic mass is 9.74. The second-order valence-electron chi connectivity index (χ2n) is 6.28. The van der Waals surface area contributed by atoms with Crippen molar-refractivity contribution in [3.63, 3.8) is 0 Å². The van der Waals surface area contributed by atoms with Gasteiger partial charge in [0.1, 0.15) is 0 Å². The van der Waals surface area contributed by atoms with E-state index in [0.717, 1.165) is 5.92 Å². The summed E-state index contributed by atoms with van der Waals surface area (Å²) >= 11 is 0. The van der Waals surface area contributed by atoms with Crippen LogP contribution in [0.25, 0.3) is 0 Å². The first-order chi connectivity index (χ1) is 9.12. The van der Waals surface area contributed by atoms with Crippen molar-refractivity contribution in [2.75, 3.05) is 13.1 Å². The second-order valence-corrected chi connectivity index (χ2v) is 6.28. The molecule has 1 heteroatoms. The van der Waals surface area contributed by atoms with Gasteiger partial charge >= 0.3 is 0 Å². The fourth-order valence-electron chi connectivity index (χ4n) is 3.91. The third-order valence-electron chi connectivity index (χ3n) is 4.62. The SMILES string of the molecule is CCCC(C)C(CCC)(CCC)N(CCC)CCC. The van der Waals surface area contributed by atoms with Gasteiger partial charge in [-0.05, 0) is 51.1 Å². The molecule has 0 aromatic rings. The van der Waals surface area contributed by atoms with Crippen molar-refractivity contribution in [1.29, 1.82) is 0 Å². The van der Waals surface area contributed by atoms with E-state index in [1.165, 1.54) is 64.5 Å². The zero-order valence-corrected chi connectivity index (χ0v) is 14.6. The van der Waals surface area contributed by atoms with Gasteiger partial charge in [0.25, 0.3) is 0 Å². The first kappa shape index (κ1) is 19.0. The van der Waals surface area contributed by atoms with Crippen molar-refractivity contribution >= 4 is 0 Å². The van der Waals surface area contributed by atoms with E-state index in [0.29, 0.717) is 5.54 Å². The largest absolute Gasteiger partial charge is 0.297 e. The molecule has 19 heavy (non-hydrogen) atoms. The van der Waals surface area contributed by atoms with Gasteiger partial charge in [0.15, 0.2) is 0 Å². The summed E-state index contributed by atoms with van der Waals surface area (Å²) in [5, 5.41) is 0. The molecule has 1 nitrogen and oxygen atoms in total. The Kier molecular flexibility index (Phi) is 10.7. The molecular formula is C18H39N. The summed E-state index contributed by atoms with van der Waals surface area (Å²) in [5.41, 5.74) is 0.464. The van der Waals surface area contributed by atoms with Crippen LogP contribution in [0.5, 0.6) is 0 Å². The zero-order valence-electron chi connectivity index (χ0n) is 14.6. The highest BCUT2D eigenvalue weighted by Gasteiger charge is 2.38.